The third kappa shape index (κ3) is 4.12. The van der Waals surface area contributed by atoms with E-state index < -0.39 is 40.5 Å². The van der Waals surface area contributed by atoms with Crippen molar-refractivity contribution >= 4 is 5.91 Å². The average molecular weight is 329 g/mol. The molecule has 3 nitrogen and oxygen atoms in total. The third-order valence-electron chi connectivity index (χ3n) is 2.66. The molecule has 9 heteroatoms. The number of hydroxylamine groups is 2. The molecule has 0 saturated heterocycles. The molecule has 0 fully saturated rings. The number of halogens is 6. The second kappa shape index (κ2) is 5.45. The van der Waals surface area contributed by atoms with Gasteiger partial charge in [-0.1, -0.05) is 0 Å². The van der Waals surface area contributed by atoms with Gasteiger partial charge in [-0.2, -0.15) is 26.3 Å². The molecule has 0 unspecified atom stereocenters. The van der Waals surface area contributed by atoms with Gasteiger partial charge in [0.15, 0.2) is 0 Å². The predicted molar refractivity (Wildman–Crippen MR) is 64.2 cm³/mol. The number of carbonyl (C=O) groups is 1. The summed E-state index contributed by atoms with van der Waals surface area (Å²) in [6, 6.07) is 0.453. The van der Waals surface area contributed by atoms with E-state index in [0.717, 1.165) is 0 Å². The Bertz CT molecular complexity index is 539. The van der Waals surface area contributed by atoms with Gasteiger partial charge >= 0.3 is 12.4 Å². The van der Waals surface area contributed by atoms with Crippen molar-refractivity contribution in [2.75, 3.05) is 0 Å². The maximum absolute atomic E-state index is 12.7. The topological polar surface area (TPSA) is 40.5 Å². The first-order valence-corrected chi connectivity index (χ1v) is 5.97. The van der Waals surface area contributed by atoms with E-state index in [-0.39, 0.29) is 23.3 Å². The molecule has 0 aliphatic rings. The Morgan fingerprint density at radius 1 is 0.909 bits per heavy atom. The van der Waals surface area contributed by atoms with Crippen molar-refractivity contribution in [2.24, 2.45) is 0 Å². The molecule has 0 bridgehead atoms. The summed E-state index contributed by atoms with van der Waals surface area (Å²) in [5.41, 5.74) is -5.33. The first-order chi connectivity index (χ1) is 9.64. The predicted octanol–water partition coefficient (Wildman–Crippen LogP) is 4.35. The molecule has 0 radical (unpaired) electrons. The molecule has 124 valence electrons. The van der Waals surface area contributed by atoms with E-state index in [1.165, 1.54) is 20.8 Å². The molecule has 1 aromatic rings. The number of carbonyl (C=O) groups excluding carboxylic acids is 1. The van der Waals surface area contributed by atoms with Gasteiger partial charge in [-0.05, 0) is 39.0 Å². The highest BCUT2D eigenvalue weighted by molar-refractivity contribution is 5.94. The molecule has 1 aromatic carbocycles. The smallest absolute Gasteiger partial charge is 0.285 e. The molecule has 0 aliphatic heterocycles. The molecular formula is C13H13F6NO2. The largest absolute Gasteiger partial charge is 0.416 e. The van der Waals surface area contributed by atoms with Crippen LogP contribution >= 0.6 is 0 Å². The highest BCUT2D eigenvalue weighted by Crippen LogP contribution is 2.36. The van der Waals surface area contributed by atoms with Crippen molar-refractivity contribution in [3.05, 3.63) is 34.9 Å². The van der Waals surface area contributed by atoms with E-state index in [1.54, 1.807) is 0 Å². The normalized spacial score (nSPS) is 13.2. The summed E-state index contributed by atoms with van der Waals surface area (Å²) in [4.78, 5) is 11.9. The lowest BCUT2D eigenvalue weighted by molar-refractivity contribution is -0.143. The van der Waals surface area contributed by atoms with E-state index in [2.05, 4.69) is 0 Å². The molecule has 0 atom stereocenters. The summed E-state index contributed by atoms with van der Waals surface area (Å²) in [5, 5.41) is 9.70. The number of alkyl halides is 6. The van der Waals surface area contributed by atoms with Crippen LogP contribution in [0.2, 0.25) is 0 Å². The molecule has 0 aromatic heterocycles. The van der Waals surface area contributed by atoms with Gasteiger partial charge in [0.05, 0.1) is 16.7 Å². The van der Waals surface area contributed by atoms with E-state index in [9.17, 15) is 36.3 Å². The fourth-order valence-corrected chi connectivity index (χ4v) is 1.51. The summed E-state index contributed by atoms with van der Waals surface area (Å²) >= 11 is 0. The second-order valence-electron chi connectivity index (χ2n) is 5.58. The summed E-state index contributed by atoms with van der Waals surface area (Å²) < 4.78 is 76.1. The maximum atomic E-state index is 12.7. The van der Waals surface area contributed by atoms with Crippen LogP contribution in [0.3, 0.4) is 0 Å². The quantitative estimate of drug-likeness (QED) is 0.473. The highest BCUT2D eigenvalue weighted by atomic mass is 19.4. The SMILES string of the molecule is CC(C)(C)N(O)C(=O)c1cc(C(F)(F)F)cc(C(F)(F)F)c1. The van der Waals surface area contributed by atoms with Crippen LogP contribution in [0.4, 0.5) is 26.3 Å². The minimum atomic E-state index is -5.06. The zero-order chi connectivity index (χ0) is 17.5. The molecule has 22 heavy (non-hydrogen) atoms. The number of nitrogens with zero attached hydrogens (tertiary/aromatic N) is 1. The Morgan fingerprint density at radius 2 is 1.27 bits per heavy atom. The van der Waals surface area contributed by atoms with Crippen LogP contribution in [0.1, 0.15) is 42.3 Å². The van der Waals surface area contributed by atoms with Gasteiger partial charge in [0.2, 0.25) is 0 Å². The number of rotatable bonds is 1. The number of hydrogen-bond donors (Lipinski definition) is 1. The monoisotopic (exact) mass is 329 g/mol. The lowest BCUT2D eigenvalue weighted by atomic mass is 10.0. The number of benzene rings is 1. The summed E-state index contributed by atoms with van der Waals surface area (Å²) in [7, 11) is 0. The van der Waals surface area contributed by atoms with E-state index in [4.69, 9.17) is 0 Å². The molecule has 0 saturated carbocycles. The fraction of sp³-hybridized carbons (Fsp3) is 0.462. The van der Waals surface area contributed by atoms with Crippen LogP contribution in [0.15, 0.2) is 18.2 Å². The first-order valence-electron chi connectivity index (χ1n) is 5.97. The lowest BCUT2D eigenvalue weighted by Crippen LogP contribution is -2.43. The Hall–Kier alpha value is -1.77. The molecular weight excluding hydrogens is 316 g/mol. The van der Waals surface area contributed by atoms with E-state index in [1.807, 2.05) is 0 Å². The maximum Gasteiger partial charge on any atom is 0.416 e. The van der Waals surface area contributed by atoms with Crippen molar-refractivity contribution in [3.8, 4) is 0 Å². The minimum absolute atomic E-state index is 0.0860. The molecule has 1 rings (SSSR count). The standard InChI is InChI=1S/C13H13F6NO2/c1-11(2,3)20(22)10(21)7-4-8(12(14,15)16)6-9(5-7)13(17,18)19/h4-6,22H,1-3H3. The van der Waals surface area contributed by atoms with Gasteiger partial charge in [0.25, 0.3) is 5.91 Å². The van der Waals surface area contributed by atoms with Crippen LogP contribution in [0, 0.1) is 0 Å². The van der Waals surface area contributed by atoms with Crippen LogP contribution in [-0.4, -0.2) is 21.7 Å². The third-order valence-corrected chi connectivity index (χ3v) is 2.66. The van der Waals surface area contributed by atoms with Crippen LogP contribution < -0.4 is 0 Å². The average Bonchev–Trinajstić information content (AvgIpc) is 2.33. The van der Waals surface area contributed by atoms with Crippen molar-refractivity contribution in [1.29, 1.82) is 0 Å². The molecule has 0 heterocycles. The summed E-state index contributed by atoms with van der Waals surface area (Å²) in [6.45, 7) is 4.09. The van der Waals surface area contributed by atoms with Crippen LogP contribution in [-0.2, 0) is 12.4 Å². The van der Waals surface area contributed by atoms with E-state index in [0.29, 0.717) is 0 Å². The fourth-order valence-electron chi connectivity index (χ4n) is 1.51. The van der Waals surface area contributed by atoms with Crippen molar-refractivity contribution < 1.29 is 36.3 Å². The Morgan fingerprint density at radius 3 is 1.55 bits per heavy atom. The zero-order valence-electron chi connectivity index (χ0n) is 11.8. The first kappa shape index (κ1) is 18.3. The van der Waals surface area contributed by atoms with Crippen molar-refractivity contribution in [3.63, 3.8) is 0 Å². The Labute approximate surface area is 122 Å². The second-order valence-corrected chi connectivity index (χ2v) is 5.58. The van der Waals surface area contributed by atoms with Crippen LogP contribution in [0.25, 0.3) is 0 Å². The zero-order valence-corrected chi connectivity index (χ0v) is 11.8. The van der Waals surface area contributed by atoms with Crippen LogP contribution in [0.5, 0.6) is 0 Å². The Kier molecular flexibility index (Phi) is 4.53. The Balaban J connectivity index is 3.46. The highest BCUT2D eigenvalue weighted by Gasteiger charge is 2.38. The summed E-state index contributed by atoms with van der Waals surface area (Å²) in [6.07, 6.45) is -10.1. The lowest BCUT2D eigenvalue weighted by Gasteiger charge is -2.29. The van der Waals surface area contributed by atoms with Crippen molar-refractivity contribution in [1.82, 2.24) is 5.06 Å². The van der Waals surface area contributed by atoms with E-state index >= 15 is 0 Å². The molecule has 0 spiro atoms. The summed E-state index contributed by atoms with van der Waals surface area (Å²) in [5.74, 6) is -1.36. The van der Waals surface area contributed by atoms with Gasteiger partial charge in [-0.15, -0.1) is 0 Å². The van der Waals surface area contributed by atoms with Gasteiger partial charge in [-0.3, -0.25) is 10.0 Å². The van der Waals surface area contributed by atoms with Gasteiger partial charge in [0.1, 0.15) is 0 Å². The molecule has 1 amide bonds. The van der Waals surface area contributed by atoms with Gasteiger partial charge in [-0.25, -0.2) is 5.06 Å². The van der Waals surface area contributed by atoms with Gasteiger partial charge < -0.3 is 0 Å². The minimum Gasteiger partial charge on any atom is -0.285 e. The van der Waals surface area contributed by atoms with Gasteiger partial charge in [0, 0.05) is 5.56 Å². The molecule has 1 N–H and O–H groups in total. The number of hydrogen-bond acceptors (Lipinski definition) is 2. The number of amides is 1. The van der Waals surface area contributed by atoms with Crippen molar-refractivity contribution in [2.45, 2.75) is 38.7 Å². The molecule has 0 aliphatic carbocycles.